The molecule has 94 valence electrons. The van der Waals surface area contributed by atoms with E-state index in [9.17, 15) is 0 Å². The predicted octanol–water partition coefficient (Wildman–Crippen LogP) is 4.74. The summed E-state index contributed by atoms with van der Waals surface area (Å²) in [6.07, 6.45) is 3.11. The van der Waals surface area contributed by atoms with Crippen LogP contribution >= 0.6 is 0 Å². The minimum Gasteiger partial charge on any atom is -0.256 e. The highest BCUT2D eigenvalue weighted by Crippen LogP contribution is 2.26. The fourth-order valence-electron chi connectivity index (χ4n) is 2.34. The number of aromatic nitrogens is 1. The zero-order valence-corrected chi connectivity index (χ0v) is 11.7. The molecule has 0 bridgehead atoms. The molecule has 0 amide bonds. The van der Waals surface area contributed by atoms with Gasteiger partial charge in [-0.3, -0.25) is 4.98 Å². The number of benzene rings is 1. The standard InChI is InChI=1S/C17H21N/c1-5-14-10-17(18-11-16(14)12(2)3)15-9-7-6-8-13(15)4/h6-12H,5H2,1-4H3. The molecule has 0 unspecified atom stereocenters. The highest BCUT2D eigenvalue weighted by molar-refractivity contribution is 5.64. The van der Waals surface area contributed by atoms with Gasteiger partial charge >= 0.3 is 0 Å². The molecule has 0 N–H and O–H groups in total. The van der Waals surface area contributed by atoms with Crippen LogP contribution in [-0.4, -0.2) is 4.98 Å². The van der Waals surface area contributed by atoms with Crippen LogP contribution in [0.25, 0.3) is 11.3 Å². The van der Waals surface area contributed by atoms with Gasteiger partial charge in [-0.1, -0.05) is 45.0 Å². The Morgan fingerprint density at radius 1 is 1.17 bits per heavy atom. The fourth-order valence-corrected chi connectivity index (χ4v) is 2.34. The van der Waals surface area contributed by atoms with E-state index in [1.54, 1.807) is 0 Å². The number of aryl methyl sites for hydroxylation is 2. The summed E-state index contributed by atoms with van der Waals surface area (Å²) in [5, 5.41) is 0. The van der Waals surface area contributed by atoms with Gasteiger partial charge < -0.3 is 0 Å². The summed E-state index contributed by atoms with van der Waals surface area (Å²) in [6.45, 7) is 8.80. The van der Waals surface area contributed by atoms with Gasteiger partial charge in [-0.15, -0.1) is 0 Å². The normalized spacial score (nSPS) is 10.9. The van der Waals surface area contributed by atoms with Gasteiger partial charge in [-0.25, -0.2) is 0 Å². The molecular weight excluding hydrogens is 218 g/mol. The van der Waals surface area contributed by atoms with Crippen LogP contribution in [0.2, 0.25) is 0 Å². The van der Waals surface area contributed by atoms with Crippen molar-refractivity contribution in [2.24, 2.45) is 0 Å². The molecule has 0 radical (unpaired) electrons. The van der Waals surface area contributed by atoms with E-state index in [0.29, 0.717) is 5.92 Å². The molecular formula is C17H21N. The summed E-state index contributed by atoms with van der Waals surface area (Å²) in [6, 6.07) is 10.7. The largest absolute Gasteiger partial charge is 0.256 e. The number of nitrogens with zero attached hydrogens (tertiary/aromatic N) is 1. The molecule has 0 atom stereocenters. The van der Waals surface area contributed by atoms with Gasteiger partial charge in [-0.05, 0) is 42.0 Å². The minimum absolute atomic E-state index is 0.540. The summed E-state index contributed by atoms with van der Waals surface area (Å²) >= 11 is 0. The lowest BCUT2D eigenvalue weighted by Gasteiger charge is -2.13. The second-order valence-corrected chi connectivity index (χ2v) is 5.09. The highest BCUT2D eigenvalue weighted by atomic mass is 14.7. The van der Waals surface area contributed by atoms with Gasteiger partial charge in [-0.2, -0.15) is 0 Å². The third-order valence-electron chi connectivity index (χ3n) is 3.45. The number of pyridine rings is 1. The van der Waals surface area contributed by atoms with Crippen molar-refractivity contribution in [3.63, 3.8) is 0 Å². The van der Waals surface area contributed by atoms with Gasteiger partial charge in [0, 0.05) is 11.8 Å². The van der Waals surface area contributed by atoms with Gasteiger partial charge in [0.1, 0.15) is 0 Å². The molecule has 0 aliphatic heterocycles. The maximum Gasteiger partial charge on any atom is 0.0707 e. The highest BCUT2D eigenvalue weighted by Gasteiger charge is 2.09. The molecule has 0 aliphatic carbocycles. The lowest BCUT2D eigenvalue weighted by Crippen LogP contribution is -1.98. The molecule has 1 aromatic heterocycles. The van der Waals surface area contributed by atoms with Crippen molar-refractivity contribution in [3.8, 4) is 11.3 Å². The summed E-state index contributed by atoms with van der Waals surface area (Å²) in [5.41, 5.74) is 6.40. The van der Waals surface area contributed by atoms with Crippen LogP contribution in [0.3, 0.4) is 0 Å². The second-order valence-electron chi connectivity index (χ2n) is 5.09. The zero-order valence-electron chi connectivity index (χ0n) is 11.7. The average molecular weight is 239 g/mol. The maximum absolute atomic E-state index is 4.64. The Balaban J connectivity index is 2.51. The first kappa shape index (κ1) is 12.8. The Bertz CT molecular complexity index is 541. The molecule has 0 spiro atoms. The van der Waals surface area contributed by atoms with E-state index in [1.165, 1.54) is 22.3 Å². The van der Waals surface area contributed by atoms with Crippen molar-refractivity contribution < 1.29 is 0 Å². The van der Waals surface area contributed by atoms with E-state index >= 15 is 0 Å². The average Bonchev–Trinajstić information content (AvgIpc) is 2.38. The van der Waals surface area contributed by atoms with E-state index in [2.05, 4.69) is 63.0 Å². The summed E-state index contributed by atoms with van der Waals surface area (Å²) < 4.78 is 0. The molecule has 18 heavy (non-hydrogen) atoms. The maximum atomic E-state index is 4.64. The third kappa shape index (κ3) is 2.45. The number of rotatable bonds is 3. The first-order valence-electron chi connectivity index (χ1n) is 6.68. The molecule has 2 rings (SSSR count). The molecule has 2 aromatic rings. The minimum atomic E-state index is 0.540. The van der Waals surface area contributed by atoms with Crippen LogP contribution in [0.4, 0.5) is 0 Å². The van der Waals surface area contributed by atoms with Crippen molar-refractivity contribution in [2.45, 2.75) is 40.0 Å². The van der Waals surface area contributed by atoms with E-state index in [0.717, 1.165) is 12.1 Å². The topological polar surface area (TPSA) is 12.9 Å². The Labute approximate surface area is 110 Å². The fraction of sp³-hybridized carbons (Fsp3) is 0.353. The zero-order chi connectivity index (χ0) is 13.1. The molecule has 0 saturated carbocycles. The van der Waals surface area contributed by atoms with Crippen LogP contribution in [0, 0.1) is 6.92 Å². The number of hydrogen-bond acceptors (Lipinski definition) is 1. The van der Waals surface area contributed by atoms with Crippen molar-refractivity contribution in [1.82, 2.24) is 4.98 Å². The lowest BCUT2D eigenvalue weighted by atomic mass is 9.95. The second kappa shape index (κ2) is 5.34. The Morgan fingerprint density at radius 2 is 1.89 bits per heavy atom. The Hall–Kier alpha value is -1.63. The smallest absolute Gasteiger partial charge is 0.0707 e. The molecule has 0 aliphatic rings. The van der Waals surface area contributed by atoms with E-state index < -0.39 is 0 Å². The molecule has 0 fully saturated rings. The number of hydrogen-bond donors (Lipinski definition) is 0. The van der Waals surface area contributed by atoms with Gasteiger partial charge in [0.15, 0.2) is 0 Å². The monoisotopic (exact) mass is 239 g/mol. The van der Waals surface area contributed by atoms with E-state index in [-0.39, 0.29) is 0 Å². The van der Waals surface area contributed by atoms with Gasteiger partial charge in [0.25, 0.3) is 0 Å². The van der Waals surface area contributed by atoms with Crippen molar-refractivity contribution >= 4 is 0 Å². The van der Waals surface area contributed by atoms with Crippen molar-refractivity contribution in [2.75, 3.05) is 0 Å². The van der Waals surface area contributed by atoms with Gasteiger partial charge in [0.2, 0.25) is 0 Å². The first-order chi connectivity index (χ1) is 8.63. The summed E-state index contributed by atoms with van der Waals surface area (Å²) in [4.78, 5) is 4.64. The van der Waals surface area contributed by atoms with Crippen LogP contribution in [0.15, 0.2) is 36.5 Å². The van der Waals surface area contributed by atoms with E-state index in [4.69, 9.17) is 0 Å². The first-order valence-corrected chi connectivity index (χ1v) is 6.68. The Kier molecular flexibility index (Phi) is 3.81. The SMILES string of the molecule is CCc1cc(-c2ccccc2C)ncc1C(C)C. The van der Waals surface area contributed by atoms with Crippen molar-refractivity contribution in [3.05, 3.63) is 53.2 Å². The quantitative estimate of drug-likeness (QED) is 0.753. The van der Waals surface area contributed by atoms with Gasteiger partial charge in [0.05, 0.1) is 5.69 Å². The van der Waals surface area contributed by atoms with E-state index in [1.807, 2.05) is 6.20 Å². The Morgan fingerprint density at radius 3 is 2.50 bits per heavy atom. The molecule has 1 nitrogen and oxygen atoms in total. The molecule has 1 heterocycles. The van der Waals surface area contributed by atoms with Crippen LogP contribution in [-0.2, 0) is 6.42 Å². The van der Waals surface area contributed by atoms with Crippen LogP contribution in [0.5, 0.6) is 0 Å². The molecule has 1 aromatic carbocycles. The summed E-state index contributed by atoms with van der Waals surface area (Å²) in [5.74, 6) is 0.540. The van der Waals surface area contributed by atoms with Crippen LogP contribution < -0.4 is 0 Å². The van der Waals surface area contributed by atoms with Crippen LogP contribution in [0.1, 0.15) is 43.4 Å². The lowest BCUT2D eigenvalue weighted by molar-refractivity contribution is 0.835. The third-order valence-corrected chi connectivity index (χ3v) is 3.45. The summed E-state index contributed by atoms with van der Waals surface area (Å²) in [7, 11) is 0. The van der Waals surface area contributed by atoms with Crippen molar-refractivity contribution in [1.29, 1.82) is 0 Å². The molecule has 0 saturated heterocycles. The molecule has 1 heteroatoms. The predicted molar refractivity (Wildman–Crippen MR) is 77.9 cm³/mol.